The van der Waals surface area contributed by atoms with Crippen LogP contribution in [0.15, 0.2) is 48.5 Å². The summed E-state index contributed by atoms with van der Waals surface area (Å²) in [7, 11) is 0. The molecule has 3 rings (SSSR count). The van der Waals surface area contributed by atoms with Gasteiger partial charge in [-0.3, -0.25) is 14.5 Å². The molecule has 1 aliphatic rings. The van der Waals surface area contributed by atoms with Gasteiger partial charge >= 0.3 is 0 Å². The highest BCUT2D eigenvalue weighted by atomic mass is 16.2. The van der Waals surface area contributed by atoms with E-state index in [-0.39, 0.29) is 5.91 Å². The van der Waals surface area contributed by atoms with Crippen molar-refractivity contribution >= 4 is 17.5 Å². The van der Waals surface area contributed by atoms with E-state index in [1.54, 1.807) is 24.3 Å². The number of carbonyl (C=O) groups excluding carboxylic acids is 2. The summed E-state index contributed by atoms with van der Waals surface area (Å²) >= 11 is 0. The van der Waals surface area contributed by atoms with Gasteiger partial charge in [-0.2, -0.15) is 0 Å². The zero-order valence-electron chi connectivity index (χ0n) is 14.2. The number of para-hydroxylation sites is 1. The first-order valence-electron chi connectivity index (χ1n) is 8.65. The second-order valence-electron chi connectivity index (χ2n) is 6.40. The molecule has 0 atom stereocenters. The van der Waals surface area contributed by atoms with Crippen LogP contribution in [0.2, 0.25) is 0 Å². The number of rotatable bonds is 5. The number of anilines is 1. The molecule has 0 unspecified atom stereocenters. The van der Waals surface area contributed by atoms with E-state index in [9.17, 15) is 9.59 Å². The normalized spacial score (nSPS) is 14.9. The third-order valence-electron chi connectivity index (χ3n) is 4.51. The van der Waals surface area contributed by atoms with Crippen molar-refractivity contribution in [2.24, 2.45) is 5.73 Å². The van der Waals surface area contributed by atoms with E-state index in [2.05, 4.69) is 10.2 Å². The lowest BCUT2D eigenvalue weighted by atomic mass is 10.1. The van der Waals surface area contributed by atoms with Crippen molar-refractivity contribution in [3.05, 3.63) is 65.2 Å². The zero-order chi connectivity index (χ0) is 17.6. The van der Waals surface area contributed by atoms with Crippen LogP contribution in [0.4, 0.5) is 5.69 Å². The molecule has 25 heavy (non-hydrogen) atoms. The van der Waals surface area contributed by atoms with Crippen LogP contribution >= 0.6 is 0 Å². The molecule has 2 amide bonds. The molecule has 0 radical (unpaired) electrons. The predicted molar refractivity (Wildman–Crippen MR) is 98.5 cm³/mol. The fourth-order valence-corrected chi connectivity index (χ4v) is 3.14. The number of nitrogens with one attached hydrogen (secondary N) is 1. The first-order valence-corrected chi connectivity index (χ1v) is 8.65. The summed E-state index contributed by atoms with van der Waals surface area (Å²) in [6.45, 7) is 3.21. The Bertz CT molecular complexity index is 750. The van der Waals surface area contributed by atoms with Crippen LogP contribution in [-0.2, 0) is 6.54 Å². The van der Waals surface area contributed by atoms with E-state index in [4.69, 9.17) is 5.73 Å². The van der Waals surface area contributed by atoms with Crippen LogP contribution < -0.4 is 11.1 Å². The average Bonchev–Trinajstić information content (AvgIpc) is 2.63. The number of hydrogen-bond acceptors (Lipinski definition) is 3. The molecule has 0 aromatic heterocycles. The topological polar surface area (TPSA) is 75.4 Å². The first kappa shape index (κ1) is 17.2. The number of benzene rings is 2. The van der Waals surface area contributed by atoms with Gasteiger partial charge in [0, 0.05) is 12.1 Å². The van der Waals surface area contributed by atoms with Gasteiger partial charge in [0.25, 0.3) is 11.8 Å². The Balaban J connectivity index is 1.66. The Hall–Kier alpha value is -2.66. The molecule has 1 aliphatic heterocycles. The fraction of sp³-hybridized carbons (Fsp3) is 0.300. The molecule has 5 heteroatoms. The molecule has 0 saturated carbocycles. The number of hydrogen-bond donors (Lipinski definition) is 2. The molecule has 0 aliphatic carbocycles. The molecule has 2 aromatic rings. The van der Waals surface area contributed by atoms with E-state index >= 15 is 0 Å². The van der Waals surface area contributed by atoms with E-state index in [1.807, 2.05) is 24.3 Å². The summed E-state index contributed by atoms with van der Waals surface area (Å²) in [6, 6.07) is 14.4. The summed E-state index contributed by atoms with van der Waals surface area (Å²) in [5.74, 6) is -0.814. The molecule has 1 heterocycles. The van der Waals surface area contributed by atoms with Crippen LogP contribution in [0, 0.1) is 0 Å². The summed E-state index contributed by atoms with van der Waals surface area (Å²) in [5, 5.41) is 2.76. The Kier molecular flexibility index (Phi) is 5.46. The van der Waals surface area contributed by atoms with Gasteiger partial charge in [-0.1, -0.05) is 30.7 Å². The SMILES string of the molecule is NC(=O)c1ccccc1NC(=O)c1ccc(CN2CCCCC2)cc1. The highest BCUT2D eigenvalue weighted by molar-refractivity contribution is 6.08. The largest absolute Gasteiger partial charge is 0.366 e. The molecule has 3 N–H and O–H groups in total. The highest BCUT2D eigenvalue weighted by Gasteiger charge is 2.13. The van der Waals surface area contributed by atoms with Crippen LogP contribution in [0.5, 0.6) is 0 Å². The third-order valence-corrected chi connectivity index (χ3v) is 4.51. The smallest absolute Gasteiger partial charge is 0.255 e. The molecular formula is C20H23N3O2. The van der Waals surface area contributed by atoms with Gasteiger partial charge in [-0.25, -0.2) is 0 Å². The van der Waals surface area contributed by atoms with Crippen molar-refractivity contribution in [1.82, 2.24) is 4.90 Å². The molecular weight excluding hydrogens is 314 g/mol. The van der Waals surface area contributed by atoms with E-state index in [0.717, 1.165) is 19.6 Å². The fourth-order valence-electron chi connectivity index (χ4n) is 3.14. The number of piperidine rings is 1. The lowest BCUT2D eigenvalue weighted by Gasteiger charge is -2.26. The number of likely N-dealkylation sites (tertiary alicyclic amines) is 1. The summed E-state index contributed by atoms with van der Waals surface area (Å²) in [4.78, 5) is 26.3. The summed E-state index contributed by atoms with van der Waals surface area (Å²) < 4.78 is 0. The maximum atomic E-state index is 12.4. The van der Waals surface area contributed by atoms with Crippen molar-refractivity contribution in [2.75, 3.05) is 18.4 Å². The number of nitrogens with zero attached hydrogens (tertiary/aromatic N) is 1. The van der Waals surface area contributed by atoms with Crippen molar-refractivity contribution in [1.29, 1.82) is 0 Å². The molecule has 0 spiro atoms. The van der Waals surface area contributed by atoms with Crippen molar-refractivity contribution in [3.8, 4) is 0 Å². The van der Waals surface area contributed by atoms with Gasteiger partial charge in [0.15, 0.2) is 0 Å². The Morgan fingerprint density at radius 3 is 2.32 bits per heavy atom. The third kappa shape index (κ3) is 4.45. The monoisotopic (exact) mass is 337 g/mol. The van der Waals surface area contributed by atoms with Crippen LogP contribution in [-0.4, -0.2) is 29.8 Å². The molecule has 2 aromatic carbocycles. The lowest BCUT2D eigenvalue weighted by Crippen LogP contribution is -2.29. The maximum Gasteiger partial charge on any atom is 0.255 e. The van der Waals surface area contributed by atoms with Gasteiger partial charge in [0.05, 0.1) is 11.3 Å². The Labute approximate surface area is 147 Å². The molecule has 0 bridgehead atoms. The van der Waals surface area contributed by atoms with Gasteiger partial charge in [0.1, 0.15) is 0 Å². The summed E-state index contributed by atoms with van der Waals surface area (Å²) in [5.41, 5.74) is 7.84. The van der Waals surface area contributed by atoms with E-state index in [0.29, 0.717) is 16.8 Å². The van der Waals surface area contributed by atoms with Crippen molar-refractivity contribution in [3.63, 3.8) is 0 Å². The van der Waals surface area contributed by atoms with Crippen LogP contribution in [0.3, 0.4) is 0 Å². The van der Waals surface area contributed by atoms with E-state index < -0.39 is 5.91 Å². The number of amides is 2. The minimum Gasteiger partial charge on any atom is -0.366 e. The van der Waals surface area contributed by atoms with Gasteiger partial charge in [-0.05, 0) is 55.8 Å². The first-order chi connectivity index (χ1) is 12.1. The Morgan fingerprint density at radius 1 is 0.960 bits per heavy atom. The molecule has 130 valence electrons. The van der Waals surface area contributed by atoms with Crippen molar-refractivity contribution in [2.45, 2.75) is 25.8 Å². The highest BCUT2D eigenvalue weighted by Crippen LogP contribution is 2.17. The zero-order valence-corrected chi connectivity index (χ0v) is 14.2. The quantitative estimate of drug-likeness (QED) is 0.880. The van der Waals surface area contributed by atoms with Crippen LogP contribution in [0.25, 0.3) is 0 Å². The number of carbonyl (C=O) groups is 2. The second-order valence-corrected chi connectivity index (χ2v) is 6.40. The lowest BCUT2D eigenvalue weighted by molar-refractivity contribution is 0.100. The Morgan fingerprint density at radius 2 is 1.64 bits per heavy atom. The average molecular weight is 337 g/mol. The number of nitrogens with two attached hydrogens (primary N) is 1. The van der Waals surface area contributed by atoms with Crippen molar-refractivity contribution < 1.29 is 9.59 Å². The van der Waals surface area contributed by atoms with Gasteiger partial charge in [-0.15, -0.1) is 0 Å². The van der Waals surface area contributed by atoms with E-state index in [1.165, 1.54) is 24.8 Å². The van der Waals surface area contributed by atoms with Gasteiger partial charge < -0.3 is 11.1 Å². The standard InChI is InChI=1S/C20H23N3O2/c21-19(24)17-6-2-3-7-18(17)22-20(25)16-10-8-15(9-11-16)14-23-12-4-1-5-13-23/h2-3,6-11H,1,4-5,12-14H2,(H2,21,24)(H,22,25). The predicted octanol–water partition coefficient (Wildman–Crippen LogP) is 3.02. The molecule has 5 nitrogen and oxygen atoms in total. The minimum atomic E-state index is -0.562. The minimum absolute atomic E-state index is 0.252. The van der Waals surface area contributed by atoms with Gasteiger partial charge in [0.2, 0.25) is 0 Å². The number of primary amides is 1. The molecule has 1 saturated heterocycles. The van der Waals surface area contributed by atoms with Crippen LogP contribution in [0.1, 0.15) is 45.5 Å². The summed E-state index contributed by atoms with van der Waals surface area (Å²) in [6.07, 6.45) is 3.85. The maximum absolute atomic E-state index is 12.4. The molecule has 1 fully saturated rings. The second kappa shape index (κ2) is 7.94.